The number of hydrogen-bond donors (Lipinski definition) is 3. The van der Waals surface area contributed by atoms with Gasteiger partial charge < -0.3 is 15.7 Å². The summed E-state index contributed by atoms with van der Waals surface area (Å²) in [5.41, 5.74) is -0.735. The van der Waals surface area contributed by atoms with E-state index in [1.54, 1.807) is 5.38 Å². The molecule has 0 spiro atoms. The number of aromatic nitrogens is 2. The van der Waals surface area contributed by atoms with E-state index in [0.29, 0.717) is 4.96 Å². The lowest BCUT2D eigenvalue weighted by molar-refractivity contribution is -0.137. The summed E-state index contributed by atoms with van der Waals surface area (Å²) in [6.45, 7) is -0.975. The highest BCUT2D eigenvalue weighted by Crippen LogP contribution is 2.05. The van der Waals surface area contributed by atoms with E-state index in [1.165, 1.54) is 21.9 Å². The molecule has 2 rings (SSSR count). The number of rotatable bonds is 5. The number of carbonyl (C=O) groups is 3. The highest BCUT2D eigenvalue weighted by Gasteiger charge is 2.14. The standard InChI is InChI=1S/C11H10N4O5S/c16-7(12-5-8(17)18)4-13-9(19)6-3-14-11-15(10(6)20)1-2-21-11/h1-3H,4-5H2,(H,12,16)(H,13,19)(H,17,18). The highest BCUT2D eigenvalue weighted by molar-refractivity contribution is 7.15. The van der Waals surface area contributed by atoms with E-state index in [4.69, 9.17) is 5.11 Å². The summed E-state index contributed by atoms with van der Waals surface area (Å²) in [5.74, 6) is -2.62. The van der Waals surface area contributed by atoms with Crippen molar-refractivity contribution < 1.29 is 19.5 Å². The van der Waals surface area contributed by atoms with Crippen LogP contribution in [0.25, 0.3) is 4.96 Å². The molecule has 0 aliphatic carbocycles. The molecule has 3 N–H and O–H groups in total. The molecule has 0 saturated heterocycles. The number of fused-ring (bicyclic) bond motifs is 1. The number of carboxylic acids is 1. The van der Waals surface area contributed by atoms with E-state index in [-0.39, 0.29) is 5.56 Å². The molecule has 0 bridgehead atoms. The maximum Gasteiger partial charge on any atom is 0.322 e. The minimum absolute atomic E-state index is 0.197. The molecule has 2 aromatic heterocycles. The number of hydrogen-bond acceptors (Lipinski definition) is 6. The van der Waals surface area contributed by atoms with Gasteiger partial charge in [0.2, 0.25) is 5.91 Å². The van der Waals surface area contributed by atoms with E-state index >= 15 is 0 Å². The van der Waals surface area contributed by atoms with Gasteiger partial charge in [-0.05, 0) is 0 Å². The largest absolute Gasteiger partial charge is 0.480 e. The monoisotopic (exact) mass is 310 g/mol. The zero-order chi connectivity index (χ0) is 15.4. The Morgan fingerprint density at radius 3 is 2.76 bits per heavy atom. The molecule has 9 nitrogen and oxygen atoms in total. The van der Waals surface area contributed by atoms with E-state index in [0.717, 1.165) is 6.20 Å². The van der Waals surface area contributed by atoms with Crippen molar-refractivity contribution in [3.8, 4) is 0 Å². The molecule has 0 saturated carbocycles. The van der Waals surface area contributed by atoms with Gasteiger partial charge >= 0.3 is 5.97 Å². The molecule has 2 aromatic rings. The van der Waals surface area contributed by atoms with Crippen molar-refractivity contribution in [3.05, 3.63) is 33.7 Å². The molecule has 0 unspecified atom stereocenters. The minimum Gasteiger partial charge on any atom is -0.480 e. The molecular formula is C11H10N4O5S. The van der Waals surface area contributed by atoms with Crippen molar-refractivity contribution in [3.63, 3.8) is 0 Å². The van der Waals surface area contributed by atoms with Crippen LogP contribution in [-0.4, -0.2) is 45.4 Å². The number of thiazole rings is 1. The predicted molar refractivity (Wildman–Crippen MR) is 72.3 cm³/mol. The van der Waals surface area contributed by atoms with Crippen LogP contribution in [0.4, 0.5) is 0 Å². The molecule has 10 heteroatoms. The Kier molecular flexibility index (Phi) is 4.28. The number of amides is 2. The lowest BCUT2D eigenvalue weighted by atomic mass is 10.3. The van der Waals surface area contributed by atoms with Gasteiger partial charge in [0.25, 0.3) is 11.5 Å². The molecule has 0 aliphatic rings. The fraction of sp³-hybridized carbons (Fsp3) is 0.182. The Labute approximate surface area is 121 Å². The van der Waals surface area contributed by atoms with Crippen molar-refractivity contribution in [1.82, 2.24) is 20.0 Å². The van der Waals surface area contributed by atoms with Gasteiger partial charge in [0, 0.05) is 17.8 Å². The molecule has 2 heterocycles. The number of aliphatic carboxylic acids is 1. The second-order valence-corrected chi connectivity index (χ2v) is 4.76. The number of carboxylic acid groups (broad SMARTS) is 1. The zero-order valence-electron chi connectivity index (χ0n) is 10.5. The highest BCUT2D eigenvalue weighted by atomic mass is 32.1. The number of carbonyl (C=O) groups excluding carboxylic acids is 2. The van der Waals surface area contributed by atoms with Crippen LogP contribution in [0, 0.1) is 0 Å². The molecule has 0 fully saturated rings. The van der Waals surface area contributed by atoms with Gasteiger partial charge in [0.05, 0.1) is 6.54 Å². The Bertz CT molecular complexity index is 765. The maximum absolute atomic E-state index is 12.0. The third-order valence-electron chi connectivity index (χ3n) is 2.43. The Morgan fingerprint density at radius 2 is 2.05 bits per heavy atom. The summed E-state index contributed by atoms with van der Waals surface area (Å²) in [4.78, 5) is 49.7. The molecule has 21 heavy (non-hydrogen) atoms. The average molecular weight is 310 g/mol. The van der Waals surface area contributed by atoms with Gasteiger partial charge in [0.15, 0.2) is 4.96 Å². The molecule has 2 amide bonds. The normalized spacial score (nSPS) is 10.3. The molecule has 0 aliphatic heterocycles. The van der Waals surface area contributed by atoms with Gasteiger partial charge in [-0.1, -0.05) is 0 Å². The van der Waals surface area contributed by atoms with Crippen LogP contribution in [0.15, 0.2) is 22.6 Å². The smallest absolute Gasteiger partial charge is 0.322 e. The summed E-state index contributed by atoms with van der Waals surface area (Å²) in [5, 5.41) is 14.3. The summed E-state index contributed by atoms with van der Waals surface area (Å²) in [6.07, 6.45) is 2.63. The zero-order valence-corrected chi connectivity index (χ0v) is 11.3. The van der Waals surface area contributed by atoms with Crippen molar-refractivity contribution in [1.29, 1.82) is 0 Å². The second-order valence-electron chi connectivity index (χ2n) is 3.89. The fourth-order valence-electron chi connectivity index (χ4n) is 1.47. The van der Waals surface area contributed by atoms with Crippen LogP contribution >= 0.6 is 11.3 Å². The molecular weight excluding hydrogens is 300 g/mol. The van der Waals surface area contributed by atoms with E-state index < -0.39 is 36.4 Å². The van der Waals surface area contributed by atoms with Crippen LogP contribution < -0.4 is 16.2 Å². The molecule has 110 valence electrons. The summed E-state index contributed by atoms with van der Waals surface area (Å²) in [6, 6.07) is 0. The Balaban J connectivity index is 2.02. The van der Waals surface area contributed by atoms with E-state index in [1.807, 2.05) is 0 Å². The maximum atomic E-state index is 12.0. The van der Waals surface area contributed by atoms with Crippen LogP contribution in [0.5, 0.6) is 0 Å². The Morgan fingerprint density at radius 1 is 1.29 bits per heavy atom. The number of nitrogens with one attached hydrogen (secondary N) is 2. The summed E-state index contributed by atoms with van der Waals surface area (Å²) < 4.78 is 1.23. The van der Waals surface area contributed by atoms with E-state index in [2.05, 4.69) is 15.6 Å². The Hall–Kier alpha value is -2.75. The first-order valence-electron chi connectivity index (χ1n) is 5.70. The predicted octanol–water partition coefficient (Wildman–Crippen LogP) is -1.31. The first-order chi connectivity index (χ1) is 9.99. The number of nitrogens with zero attached hydrogens (tertiary/aromatic N) is 2. The fourth-order valence-corrected chi connectivity index (χ4v) is 2.15. The first kappa shape index (κ1) is 14.7. The van der Waals surface area contributed by atoms with Crippen LogP contribution in [0.3, 0.4) is 0 Å². The van der Waals surface area contributed by atoms with E-state index in [9.17, 15) is 19.2 Å². The van der Waals surface area contributed by atoms with Crippen LogP contribution in [-0.2, 0) is 9.59 Å². The van der Waals surface area contributed by atoms with Crippen molar-refractivity contribution in [2.45, 2.75) is 0 Å². The molecule has 0 atom stereocenters. The van der Waals surface area contributed by atoms with Crippen LogP contribution in [0.2, 0.25) is 0 Å². The SMILES string of the molecule is O=C(O)CNC(=O)CNC(=O)c1cnc2sccn2c1=O. The summed E-state index contributed by atoms with van der Waals surface area (Å²) in [7, 11) is 0. The topological polar surface area (TPSA) is 130 Å². The van der Waals surface area contributed by atoms with Gasteiger partial charge in [-0.15, -0.1) is 11.3 Å². The minimum atomic E-state index is -1.19. The quantitative estimate of drug-likeness (QED) is 0.628. The van der Waals surface area contributed by atoms with Gasteiger partial charge in [-0.25, -0.2) is 4.98 Å². The second kappa shape index (κ2) is 6.13. The average Bonchev–Trinajstić information content (AvgIpc) is 2.92. The van der Waals surface area contributed by atoms with Crippen molar-refractivity contribution in [2.24, 2.45) is 0 Å². The van der Waals surface area contributed by atoms with Gasteiger partial charge in [-0.2, -0.15) is 0 Å². The van der Waals surface area contributed by atoms with Crippen molar-refractivity contribution in [2.75, 3.05) is 13.1 Å². The van der Waals surface area contributed by atoms with Crippen LogP contribution in [0.1, 0.15) is 10.4 Å². The lowest BCUT2D eigenvalue weighted by Gasteiger charge is -2.05. The van der Waals surface area contributed by atoms with Gasteiger partial charge in [-0.3, -0.25) is 23.6 Å². The lowest BCUT2D eigenvalue weighted by Crippen LogP contribution is -2.40. The first-order valence-corrected chi connectivity index (χ1v) is 6.58. The third kappa shape index (κ3) is 3.42. The molecule has 0 radical (unpaired) electrons. The van der Waals surface area contributed by atoms with Crippen molar-refractivity contribution >= 4 is 34.1 Å². The van der Waals surface area contributed by atoms with Gasteiger partial charge in [0.1, 0.15) is 12.1 Å². The molecule has 0 aromatic carbocycles. The third-order valence-corrected chi connectivity index (χ3v) is 3.20. The summed E-state index contributed by atoms with van der Waals surface area (Å²) >= 11 is 1.25.